The minimum Gasteiger partial charge on any atom is -0.456 e. The zero-order valence-electron chi connectivity index (χ0n) is 28.7. The molecule has 11 rings (SSSR count). The van der Waals surface area contributed by atoms with Crippen molar-refractivity contribution < 1.29 is 4.42 Å². The zero-order chi connectivity index (χ0) is 34.9. The Labute approximate surface area is 310 Å². The molecule has 0 saturated carbocycles. The van der Waals surface area contributed by atoms with Gasteiger partial charge in [0.25, 0.3) is 0 Å². The van der Waals surface area contributed by atoms with Crippen LogP contribution in [0.2, 0.25) is 0 Å². The molecule has 0 spiro atoms. The second-order valence-electron chi connectivity index (χ2n) is 13.7. The SMILES string of the molecule is c1ccc2cc(-c3ccc(N(c4ccc5c(c4)oc4ccccc45)c4ccc(-c5ccc6ccccc6c5)c5sc6ccccc6c45)cc3)ccc2c1. The van der Waals surface area contributed by atoms with Crippen LogP contribution in [-0.4, -0.2) is 0 Å². The molecule has 0 radical (unpaired) electrons. The third kappa shape index (κ3) is 4.93. The van der Waals surface area contributed by atoms with Crippen molar-refractivity contribution >= 4 is 92.1 Å². The normalized spacial score (nSPS) is 11.8. The number of nitrogens with zero attached hydrogens (tertiary/aromatic N) is 1. The van der Waals surface area contributed by atoms with Gasteiger partial charge in [0, 0.05) is 48.4 Å². The number of para-hydroxylation sites is 1. The van der Waals surface area contributed by atoms with Crippen molar-refractivity contribution in [1.29, 1.82) is 0 Å². The fourth-order valence-corrected chi connectivity index (χ4v) is 9.29. The van der Waals surface area contributed by atoms with Gasteiger partial charge in [0.15, 0.2) is 0 Å². The summed E-state index contributed by atoms with van der Waals surface area (Å²) in [6.07, 6.45) is 0. The van der Waals surface area contributed by atoms with E-state index in [-0.39, 0.29) is 0 Å². The van der Waals surface area contributed by atoms with Crippen molar-refractivity contribution in [2.75, 3.05) is 4.90 Å². The van der Waals surface area contributed by atoms with Gasteiger partial charge in [0.2, 0.25) is 0 Å². The first-order chi connectivity index (χ1) is 26.2. The molecule has 2 nitrogen and oxygen atoms in total. The van der Waals surface area contributed by atoms with Crippen molar-refractivity contribution in [3.63, 3.8) is 0 Å². The van der Waals surface area contributed by atoms with Crippen molar-refractivity contribution in [2.45, 2.75) is 0 Å². The Morgan fingerprint density at radius 3 is 1.79 bits per heavy atom. The first-order valence-corrected chi connectivity index (χ1v) is 18.8. The molecule has 0 aliphatic carbocycles. The number of fused-ring (bicyclic) bond motifs is 8. The number of rotatable bonds is 5. The number of hydrogen-bond acceptors (Lipinski definition) is 3. The van der Waals surface area contributed by atoms with E-state index in [0.29, 0.717) is 0 Å². The lowest BCUT2D eigenvalue weighted by molar-refractivity contribution is 0.669. The van der Waals surface area contributed by atoms with Gasteiger partial charge in [0.05, 0.1) is 5.69 Å². The van der Waals surface area contributed by atoms with Gasteiger partial charge in [-0.25, -0.2) is 0 Å². The van der Waals surface area contributed by atoms with E-state index in [1.54, 1.807) is 0 Å². The number of furan rings is 1. The summed E-state index contributed by atoms with van der Waals surface area (Å²) in [6, 6.07) is 68.1. The largest absolute Gasteiger partial charge is 0.456 e. The average molecular weight is 694 g/mol. The second kappa shape index (κ2) is 11.9. The van der Waals surface area contributed by atoms with E-state index >= 15 is 0 Å². The van der Waals surface area contributed by atoms with Crippen LogP contribution in [0.4, 0.5) is 17.1 Å². The summed E-state index contributed by atoms with van der Waals surface area (Å²) in [5.41, 5.74) is 9.90. The Kier molecular flexibility index (Phi) is 6.76. The highest BCUT2D eigenvalue weighted by Crippen LogP contribution is 2.49. The predicted molar refractivity (Wildman–Crippen MR) is 227 cm³/mol. The molecule has 53 heavy (non-hydrogen) atoms. The molecule has 248 valence electrons. The molecule has 0 bridgehead atoms. The average Bonchev–Trinajstić information content (AvgIpc) is 3.80. The Bertz CT molecular complexity index is 3190. The zero-order valence-corrected chi connectivity index (χ0v) is 29.5. The Morgan fingerprint density at radius 2 is 1.00 bits per heavy atom. The topological polar surface area (TPSA) is 16.4 Å². The van der Waals surface area contributed by atoms with Gasteiger partial charge < -0.3 is 9.32 Å². The van der Waals surface area contributed by atoms with E-state index in [4.69, 9.17) is 4.42 Å². The summed E-state index contributed by atoms with van der Waals surface area (Å²) in [5.74, 6) is 0. The summed E-state index contributed by atoms with van der Waals surface area (Å²) >= 11 is 1.87. The van der Waals surface area contributed by atoms with Crippen molar-refractivity contribution in [1.82, 2.24) is 0 Å². The van der Waals surface area contributed by atoms with Gasteiger partial charge in [-0.2, -0.15) is 0 Å². The smallest absolute Gasteiger partial charge is 0.137 e. The monoisotopic (exact) mass is 693 g/mol. The fourth-order valence-electron chi connectivity index (χ4n) is 8.03. The van der Waals surface area contributed by atoms with Gasteiger partial charge in [-0.15, -0.1) is 11.3 Å². The molecular formula is C50H31NOS. The maximum atomic E-state index is 6.46. The van der Waals surface area contributed by atoms with Gasteiger partial charge >= 0.3 is 0 Å². The Hall–Kier alpha value is -6.68. The molecule has 3 heteroatoms. The molecule has 0 amide bonds. The summed E-state index contributed by atoms with van der Waals surface area (Å²) in [4.78, 5) is 2.41. The van der Waals surface area contributed by atoms with Gasteiger partial charge in [-0.3, -0.25) is 0 Å². The predicted octanol–water partition coefficient (Wildman–Crippen LogP) is 15.1. The van der Waals surface area contributed by atoms with E-state index in [1.807, 2.05) is 23.5 Å². The van der Waals surface area contributed by atoms with Crippen LogP contribution >= 0.6 is 11.3 Å². The molecule has 11 aromatic rings. The molecule has 0 aliphatic heterocycles. The Balaban J connectivity index is 1.13. The molecule has 0 unspecified atom stereocenters. The highest BCUT2D eigenvalue weighted by Gasteiger charge is 2.22. The minimum absolute atomic E-state index is 0.876. The summed E-state index contributed by atoms with van der Waals surface area (Å²) < 4.78 is 9.01. The lowest BCUT2D eigenvalue weighted by Crippen LogP contribution is -2.10. The minimum atomic E-state index is 0.876. The standard InChI is InChI=1S/C50H31NOS/c1-3-11-35-29-37(19-17-32(35)9-1)34-21-23-39(24-22-34)51(40-25-26-43-42-13-5-7-15-46(42)52-47(43)31-40)45-28-27-41(38-20-18-33-10-2-4-12-36(33)30-38)50-49(45)44-14-6-8-16-48(44)53-50/h1-31H. The first-order valence-electron chi connectivity index (χ1n) is 18.0. The Morgan fingerprint density at radius 1 is 0.396 bits per heavy atom. The molecule has 2 heterocycles. The highest BCUT2D eigenvalue weighted by atomic mass is 32.1. The lowest BCUT2D eigenvalue weighted by Gasteiger charge is -2.27. The highest BCUT2D eigenvalue weighted by molar-refractivity contribution is 7.26. The number of benzene rings is 9. The van der Waals surface area contributed by atoms with Crippen LogP contribution in [0.3, 0.4) is 0 Å². The summed E-state index contributed by atoms with van der Waals surface area (Å²) in [5, 5.41) is 9.75. The molecule has 9 aromatic carbocycles. The molecule has 0 saturated heterocycles. The third-order valence-electron chi connectivity index (χ3n) is 10.6. The fraction of sp³-hybridized carbons (Fsp3) is 0. The first kappa shape index (κ1) is 30.0. The van der Waals surface area contributed by atoms with E-state index in [9.17, 15) is 0 Å². The van der Waals surface area contributed by atoms with E-state index in [0.717, 1.165) is 39.0 Å². The van der Waals surface area contributed by atoms with Crippen LogP contribution in [-0.2, 0) is 0 Å². The summed E-state index contributed by atoms with van der Waals surface area (Å²) in [7, 11) is 0. The van der Waals surface area contributed by atoms with Gasteiger partial charge in [0.1, 0.15) is 11.2 Å². The molecule has 0 aliphatic rings. The third-order valence-corrected chi connectivity index (χ3v) is 11.8. The van der Waals surface area contributed by atoms with E-state index in [2.05, 4.69) is 181 Å². The van der Waals surface area contributed by atoms with Crippen molar-refractivity contribution in [3.8, 4) is 22.3 Å². The molecule has 0 atom stereocenters. The molecule has 0 fully saturated rings. The number of thiophene rings is 1. The van der Waals surface area contributed by atoms with Crippen LogP contribution in [0, 0.1) is 0 Å². The summed E-state index contributed by atoms with van der Waals surface area (Å²) in [6.45, 7) is 0. The molecule has 0 N–H and O–H groups in total. The number of hydrogen-bond donors (Lipinski definition) is 0. The second-order valence-corrected chi connectivity index (χ2v) is 14.8. The van der Waals surface area contributed by atoms with Crippen LogP contribution in [0.25, 0.3) is 85.9 Å². The molecular weight excluding hydrogens is 663 g/mol. The molecule has 2 aromatic heterocycles. The van der Waals surface area contributed by atoms with Crippen LogP contribution in [0.15, 0.2) is 192 Å². The van der Waals surface area contributed by atoms with Crippen molar-refractivity contribution in [3.05, 3.63) is 188 Å². The van der Waals surface area contributed by atoms with E-state index in [1.165, 1.54) is 64.0 Å². The van der Waals surface area contributed by atoms with E-state index < -0.39 is 0 Å². The van der Waals surface area contributed by atoms with Gasteiger partial charge in [-0.05, 0) is 98.4 Å². The van der Waals surface area contributed by atoms with Crippen LogP contribution < -0.4 is 4.90 Å². The van der Waals surface area contributed by atoms with Crippen molar-refractivity contribution in [2.24, 2.45) is 0 Å². The van der Waals surface area contributed by atoms with Crippen LogP contribution in [0.5, 0.6) is 0 Å². The van der Waals surface area contributed by atoms with Crippen LogP contribution in [0.1, 0.15) is 0 Å². The lowest BCUT2D eigenvalue weighted by atomic mass is 9.97. The quantitative estimate of drug-likeness (QED) is 0.178. The maximum absolute atomic E-state index is 6.46. The maximum Gasteiger partial charge on any atom is 0.137 e. The number of anilines is 3. The van der Waals surface area contributed by atoms with Gasteiger partial charge in [-0.1, -0.05) is 127 Å².